The summed E-state index contributed by atoms with van der Waals surface area (Å²) in [6.45, 7) is 23.9. The second-order valence-electron chi connectivity index (χ2n) is 12.5. The van der Waals surface area contributed by atoms with E-state index in [1.54, 1.807) is 11.3 Å². The zero-order valence-electron chi connectivity index (χ0n) is 22.3. The topological polar surface area (TPSA) is 57.2 Å². The normalized spacial score (nSPS) is 18.9. The monoisotopic (exact) mass is 508 g/mol. The van der Waals surface area contributed by atoms with Crippen LogP contribution in [-0.4, -0.2) is 37.6 Å². The van der Waals surface area contributed by atoms with Crippen LogP contribution in [0.1, 0.15) is 88.7 Å². The molecule has 2 aromatic rings. The lowest BCUT2D eigenvalue weighted by Crippen LogP contribution is -2.41. The van der Waals surface area contributed by atoms with Crippen molar-refractivity contribution in [3.05, 3.63) is 19.5 Å². The molecule has 0 spiro atoms. The van der Waals surface area contributed by atoms with E-state index >= 15 is 0 Å². The maximum atomic E-state index is 9.80. The Balaban J connectivity index is 1.89. The van der Waals surface area contributed by atoms with Crippen molar-refractivity contribution in [3.63, 3.8) is 0 Å². The van der Waals surface area contributed by atoms with Gasteiger partial charge in [0.05, 0.1) is 26.1 Å². The molecule has 5 nitrogen and oxygen atoms in total. The zero-order valence-corrected chi connectivity index (χ0v) is 23.9. The maximum Gasteiger partial charge on any atom is 0.176 e. The second kappa shape index (κ2) is 8.31. The molecule has 2 aliphatic heterocycles. The van der Waals surface area contributed by atoms with Gasteiger partial charge in [-0.05, 0) is 0 Å². The molecule has 0 saturated heterocycles. The quantitative estimate of drug-likeness (QED) is 0.507. The van der Waals surface area contributed by atoms with Crippen LogP contribution in [0.4, 0.5) is 0 Å². The molecule has 0 aliphatic carbocycles. The Morgan fingerprint density at radius 3 is 1.50 bits per heavy atom. The molecule has 2 aromatic heterocycles. The first kappa shape index (κ1) is 25.6. The van der Waals surface area contributed by atoms with Gasteiger partial charge in [-0.25, -0.2) is 0 Å². The van der Waals surface area contributed by atoms with Crippen LogP contribution in [0.5, 0.6) is 23.0 Å². The Morgan fingerprint density at radius 1 is 0.647 bits per heavy atom. The first-order chi connectivity index (χ1) is 15.6. The Morgan fingerprint density at radius 2 is 1.06 bits per heavy atom. The van der Waals surface area contributed by atoms with Crippen LogP contribution in [0.3, 0.4) is 0 Å². The zero-order chi connectivity index (χ0) is 25.3. The van der Waals surface area contributed by atoms with Gasteiger partial charge < -0.3 is 24.1 Å². The van der Waals surface area contributed by atoms with Gasteiger partial charge in [0.2, 0.25) is 0 Å². The summed E-state index contributed by atoms with van der Waals surface area (Å²) in [4.78, 5) is 4.75. The lowest BCUT2D eigenvalue weighted by molar-refractivity contribution is 0.0433. The van der Waals surface area contributed by atoms with Crippen LogP contribution >= 0.6 is 22.7 Å². The van der Waals surface area contributed by atoms with Crippen LogP contribution < -0.4 is 18.9 Å². The largest absolute Gasteiger partial charge is 0.485 e. The molecule has 1 N–H and O–H groups in total. The Kier molecular flexibility index (Phi) is 6.27. The smallest absolute Gasteiger partial charge is 0.176 e. The molecule has 1 atom stereocenters. The summed E-state index contributed by atoms with van der Waals surface area (Å²) < 4.78 is 25.0. The molecule has 1 unspecified atom stereocenters. The third kappa shape index (κ3) is 4.01. The average Bonchev–Trinajstić information content (AvgIpc) is 3.32. The second-order valence-corrected chi connectivity index (χ2v) is 14.6. The van der Waals surface area contributed by atoms with Gasteiger partial charge in [0.1, 0.15) is 19.8 Å². The summed E-state index contributed by atoms with van der Waals surface area (Å²) in [5.41, 5.74) is -0.738. The van der Waals surface area contributed by atoms with Crippen LogP contribution in [0.15, 0.2) is 0 Å². The summed E-state index contributed by atoms with van der Waals surface area (Å²) in [5.74, 6) is 3.43. The molecule has 0 radical (unpaired) electrons. The van der Waals surface area contributed by atoms with Gasteiger partial charge in [0, 0.05) is 21.7 Å². The molecule has 0 aromatic carbocycles. The average molecular weight is 509 g/mol. The number of aliphatic hydroxyl groups excluding tert-OH is 1. The Hall–Kier alpha value is -1.44. The van der Waals surface area contributed by atoms with E-state index in [4.69, 9.17) is 18.9 Å². The van der Waals surface area contributed by atoms with E-state index in [0.717, 1.165) is 27.9 Å². The molecule has 4 heterocycles. The van der Waals surface area contributed by atoms with E-state index in [0.29, 0.717) is 19.8 Å². The minimum Gasteiger partial charge on any atom is -0.485 e. The van der Waals surface area contributed by atoms with Crippen molar-refractivity contribution in [2.45, 2.75) is 97.0 Å². The van der Waals surface area contributed by atoms with Crippen molar-refractivity contribution < 1.29 is 24.1 Å². The van der Waals surface area contributed by atoms with E-state index < -0.39 is 0 Å². The van der Waals surface area contributed by atoms with Gasteiger partial charge in [0.15, 0.2) is 29.1 Å². The molecular formula is C27H40O5S2. The van der Waals surface area contributed by atoms with Crippen molar-refractivity contribution >= 4 is 22.7 Å². The van der Waals surface area contributed by atoms with Crippen molar-refractivity contribution in [1.82, 2.24) is 0 Å². The number of hydrogen-bond donors (Lipinski definition) is 1. The fourth-order valence-corrected chi connectivity index (χ4v) is 7.44. The molecule has 190 valence electrons. The number of thiophene rings is 2. The molecule has 0 fully saturated rings. The van der Waals surface area contributed by atoms with Gasteiger partial charge >= 0.3 is 0 Å². The van der Waals surface area contributed by atoms with E-state index in [1.807, 2.05) is 11.3 Å². The fraction of sp³-hybridized carbons (Fsp3) is 0.704. The highest BCUT2D eigenvalue weighted by molar-refractivity contribution is 7.13. The lowest BCUT2D eigenvalue weighted by Gasteiger charge is -2.42. The number of hydrogen-bond acceptors (Lipinski definition) is 7. The van der Waals surface area contributed by atoms with Gasteiger partial charge in [-0.3, -0.25) is 0 Å². The molecule has 4 rings (SSSR count). The maximum absolute atomic E-state index is 9.80. The van der Waals surface area contributed by atoms with Crippen LogP contribution in [0, 0.1) is 0 Å². The SMILES string of the molecule is CC(C)(C)c1sc(C(C)(C)C(C)(C)c2sc(C(C)(C)C)c3c2OC(CO)CO3)c2c1OCCO2. The predicted molar refractivity (Wildman–Crippen MR) is 140 cm³/mol. The molecule has 7 heteroatoms. The van der Waals surface area contributed by atoms with Crippen LogP contribution in [0.2, 0.25) is 0 Å². The Bertz CT molecular complexity index is 1060. The highest BCUT2D eigenvalue weighted by Crippen LogP contribution is 2.61. The molecule has 0 amide bonds. The van der Waals surface area contributed by atoms with E-state index in [1.165, 1.54) is 14.6 Å². The first-order valence-corrected chi connectivity index (χ1v) is 13.8. The highest BCUT2D eigenvalue weighted by atomic mass is 32.1. The highest BCUT2D eigenvalue weighted by Gasteiger charge is 2.50. The lowest BCUT2D eigenvalue weighted by atomic mass is 9.65. The number of ether oxygens (including phenoxy) is 4. The van der Waals surface area contributed by atoms with Crippen molar-refractivity contribution in [1.29, 1.82) is 0 Å². The van der Waals surface area contributed by atoms with Gasteiger partial charge in [-0.1, -0.05) is 69.2 Å². The third-order valence-corrected chi connectivity index (χ3v) is 11.0. The minimum atomic E-state index is -0.355. The molecule has 2 aliphatic rings. The third-order valence-electron chi connectivity index (χ3n) is 7.18. The van der Waals surface area contributed by atoms with Crippen LogP contribution in [-0.2, 0) is 21.7 Å². The molecule has 0 bridgehead atoms. The Labute approximate surface area is 212 Å². The van der Waals surface area contributed by atoms with Gasteiger partial charge in [-0.15, -0.1) is 22.7 Å². The minimum absolute atomic E-state index is 0.0410. The van der Waals surface area contributed by atoms with Crippen molar-refractivity contribution in [2.24, 2.45) is 0 Å². The van der Waals surface area contributed by atoms with Crippen molar-refractivity contribution in [2.75, 3.05) is 26.4 Å². The van der Waals surface area contributed by atoms with Crippen molar-refractivity contribution in [3.8, 4) is 23.0 Å². The molecule has 34 heavy (non-hydrogen) atoms. The fourth-order valence-electron chi connectivity index (χ4n) is 4.43. The summed E-state index contributed by atoms with van der Waals surface area (Å²) in [6, 6.07) is 0. The predicted octanol–water partition coefficient (Wildman–Crippen LogP) is 6.56. The van der Waals surface area contributed by atoms with E-state index in [-0.39, 0.29) is 34.4 Å². The van der Waals surface area contributed by atoms with Gasteiger partial charge in [-0.2, -0.15) is 0 Å². The first-order valence-electron chi connectivity index (χ1n) is 12.1. The van der Waals surface area contributed by atoms with E-state index in [2.05, 4.69) is 69.2 Å². The summed E-state index contributed by atoms with van der Waals surface area (Å²) >= 11 is 3.58. The summed E-state index contributed by atoms with van der Waals surface area (Å²) in [6.07, 6.45) is -0.355. The van der Waals surface area contributed by atoms with Crippen LogP contribution in [0.25, 0.3) is 0 Å². The number of fused-ring (bicyclic) bond motifs is 2. The van der Waals surface area contributed by atoms with Gasteiger partial charge in [0.25, 0.3) is 0 Å². The molecular weight excluding hydrogens is 468 g/mol. The van der Waals surface area contributed by atoms with E-state index in [9.17, 15) is 5.11 Å². The number of rotatable bonds is 4. The summed E-state index contributed by atoms with van der Waals surface area (Å²) in [5, 5.41) is 9.80. The molecule has 0 saturated carbocycles. The summed E-state index contributed by atoms with van der Waals surface area (Å²) in [7, 11) is 0. The number of aliphatic hydroxyl groups is 1. The standard InChI is InChI=1S/C27H40O5S2/c1-24(2,3)20-16-17(30-12-11-29-16)22(33-20)26(7,8)27(9,10)23-19-18(21(34-23)25(4,5)6)31-14-15(13-28)32-19/h15,28H,11-14H2,1-10H3.